The molecule has 3 aromatic rings. The number of hydrogen-bond donors (Lipinski definition) is 1. The quantitative estimate of drug-likeness (QED) is 0.630. The highest BCUT2D eigenvalue weighted by atomic mass is 32.1. The molecule has 1 aliphatic heterocycles. The first-order valence-electron chi connectivity index (χ1n) is 11.5. The average Bonchev–Trinajstić information content (AvgIpc) is 3.17. The van der Waals surface area contributed by atoms with Gasteiger partial charge < -0.3 is 5.32 Å². The molecule has 1 fully saturated rings. The van der Waals surface area contributed by atoms with Gasteiger partial charge in [0, 0.05) is 41.2 Å². The molecule has 0 saturated heterocycles. The molecule has 0 radical (unpaired) electrons. The SMILES string of the molecule is Cc1nc2c(s1)CCN(CCC1CCC(NC(=O)c3cccc4ncccc34)CC1)C2. The summed E-state index contributed by atoms with van der Waals surface area (Å²) in [7, 11) is 0. The predicted molar refractivity (Wildman–Crippen MR) is 125 cm³/mol. The van der Waals surface area contributed by atoms with Gasteiger partial charge in [-0.2, -0.15) is 0 Å². The van der Waals surface area contributed by atoms with Crippen molar-refractivity contribution in [3.05, 3.63) is 57.7 Å². The fourth-order valence-electron chi connectivity index (χ4n) is 5.10. The number of nitrogens with zero attached hydrogens (tertiary/aromatic N) is 3. The van der Waals surface area contributed by atoms with E-state index in [2.05, 4.69) is 22.1 Å². The Bertz CT molecular complexity index is 1070. The molecule has 1 N–H and O–H groups in total. The van der Waals surface area contributed by atoms with Crippen molar-refractivity contribution in [2.45, 2.75) is 58.0 Å². The Morgan fingerprint density at radius 1 is 1.19 bits per heavy atom. The van der Waals surface area contributed by atoms with Crippen LogP contribution in [0.2, 0.25) is 0 Å². The van der Waals surface area contributed by atoms with Crippen LogP contribution in [0.15, 0.2) is 36.5 Å². The number of rotatable bonds is 5. The molecule has 1 aliphatic carbocycles. The van der Waals surface area contributed by atoms with Crippen molar-refractivity contribution in [1.82, 2.24) is 20.2 Å². The molecule has 1 saturated carbocycles. The Hall–Kier alpha value is -2.31. The number of benzene rings is 1. The summed E-state index contributed by atoms with van der Waals surface area (Å²) in [5.74, 6) is 0.804. The highest BCUT2D eigenvalue weighted by molar-refractivity contribution is 7.11. The van der Waals surface area contributed by atoms with Crippen LogP contribution in [0.3, 0.4) is 0 Å². The minimum Gasteiger partial charge on any atom is -0.349 e. The van der Waals surface area contributed by atoms with E-state index in [1.54, 1.807) is 6.20 Å². The first-order chi connectivity index (χ1) is 15.2. The number of amides is 1. The normalized spacial score (nSPS) is 21.7. The van der Waals surface area contributed by atoms with Gasteiger partial charge >= 0.3 is 0 Å². The van der Waals surface area contributed by atoms with Crippen LogP contribution in [-0.4, -0.2) is 39.9 Å². The molecular weight excluding hydrogens is 404 g/mol. The maximum Gasteiger partial charge on any atom is 0.252 e. The van der Waals surface area contributed by atoms with Gasteiger partial charge in [0.2, 0.25) is 0 Å². The van der Waals surface area contributed by atoms with Crippen molar-refractivity contribution in [3.8, 4) is 0 Å². The molecule has 0 bridgehead atoms. The number of aryl methyl sites for hydroxylation is 1. The summed E-state index contributed by atoms with van der Waals surface area (Å²) in [6.45, 7) is 5.47. The largest absolute Gasteiger partial charge is 0.349 e. The van der Waals surface area contributed by atoms with E-state index >= 15 is 0 Å². The van der Waals surface area contributed by atoms with Crippen molar-refractivity contribution >= 4 is 28.1 Å². The van der Waals surface area contributed by atoms with Crippen molar-refractivity contribution in [2.24, 2.45) is 5.92 Å². The summed E-state index contributed by atoms with van der Waals surface area (Å²) < 4.78 is 0. The number of thiazole rings is 1. The Balaban J connectivity index is 1.10. The predicted octanol–water partition coefficient (Wildman–Crippen LogP) is 4.74. The van der Waals surface area contributed by atoms with Gasteiger partial charge in [0.05, 0.1) is 16.2 Å². The van der Waals surface area contributed by atoms with Gasteiger partial charge in [0.1, 0.15) is 0 Å². The minimum absolute atomic E-state index is 0.0322. The average molecular weight is 435 g/mol. The summed E-state index contributed by atoms with van der Waals surface area (Å²) in [6.07, 6.45) is 8.75. The number of carbonyl (C=O) groups excluding carboxylic acids is 1. The Labute approximate surface area is 187 Å². The lowest BCUT2D eigenvalue weighted by Crippen LogP contribution is -2.38. The van der Waals surface area contributed by atoms with Gasteiger partial charge in [0.25, 0.3) is 5.91 Å². The third kappa shape index (κ3) is 4.65. The molecule has 1 amide bonds. The molecule has 6 heteroatoms. The molecule has 5 rings (SSSR count). The number of hydrogen-bond acceptors (Lipinski definition) is 5. The Morgan fingerprint density at radius 3 is 2.94 bits per heavy atom. The molecule has 31 heavy (non-hydrogen) atoms. The van der Waals surface area contributed by atoms with Gasteiger partial charge in [-0.3, -0.25) is 14.7 Å². The summed E-state index contributed by atoms with van der Waals surface area (Å²) in [6, 6.07) is 9.92. The lowest BCUT2D eigenvalue weighted by Gasteiger charge is -2.32. The fraction of sp³-hybridized carbons (Fsp3) is 0.480. The number of fused-ring (bicyclic) bond motifs is 2. The molecule has 162 valence electrons. The molecule has 0 atom stereocenters. The van der Waals surface area contributed by atoms with E-state index in [0.29, 0.717) is 0 Å². The zero-order valence-corrected chi connectivity index (χ0v) is 19.0. The summed E-state index contributed by atoms with van der Waals surface area (Å²) in [5.41, 5.74) is 2.91. The molecule has 3 heterocycles. The minimum atomic E-state index is 0.0322. The molecule has 0 unspecified atom stereocenters. The maximum atomic E-state index is 12.9. The fourth-order valence-corrected chi connectivity index (χ4v) is 6.03. The lowest BCUT2D eigenvalue weighted by molar-refractivity contribution is 0.0921. The molecule has 2 aliphatic rings. The van der Waals surface area contributed by atoms with Gasteiger partial charge in [-0.25, -0.2) is 4.98 Å². The van der Waals surface area contributed by atoms with Crippen molar-refractivity contribution in [1.29, 1.82) is 0 Å². The van der Waals surface area contributed by atoms with Crippen LogP contribution in [-0.2, 0) is 13.0 Å². The van der Waals surface area contributed by atoms with Crippen LogP contribution in [0.25, 0.3) is 10.9 Å². The van der Waals surface area contributed by atoms with E-state index < -0.39 is 0 Å². The number of pyridine rings is 1. The topological polar surface area (TPSA) is 58.1 Å². The van der Waals surface area contributed by atoms with Crippen molar-refractivity contribution in [3.63, 3.8) is 0 Å². The zero-order chi connectivity index (χ0) is 21.2. The third-order valence-electron chi connectivity index (χ3n) is 6.84. The Morgan fingerprint density at radius 2 is 2.06 bits per heavy atom. The van der Waals surface area contributed by atoms with E-state index in [0.717, 1.165) is 48.2 Å². The summed E-state index contributed by atoms with van der Waals surface area (Å²) in [5, 5.41) is 5.41. The Kier molecular flexibility index (Phi) is 6.01. The second-order valence-electron chi connectivity index (χ2n) is 8.98. The van der Waals surface area contributed by atoms with Crippen molar-refractivity contribution < 1.29 is 4.79 Å². The molecular formula is C25H30N4OS. The first kappa shape index (κ1) is 20.6. The molecule has 2 aromatic heterocycles. The maximum absolute atomic E-state index is 12.9. The van der Waals surface area contributed by atoms with Gasteiger partial charge in [0.15, 0.2) is 0 Å². The molecule has 0 spiro atoms. The number of carbonyl (C=O) groups is 1. The van der Waals surface area contributed by atoms with E-state index in [4.69, 9.17) is 4.98 Å². The van der Waals surface area contributed by atoms with Gasteiger partial charge in [-0.1, -0.05) is 12.1 Å². The molecule has 1 aromatic carbocycles. The van der Waals surface area contributed by atoms with Crippen LogP contribution >= 0.6 is 11.3 Å². The van der Waals surface area contributed by atoms with E-state index in [-0.39, 0.29) is 11.9 Å². The standard InChI is InChI=1S/C25H30N4OS/c1-17-27-23-16-29(15-12-24(23)31-17)14-11-18-7-9-19(10-8-18)28-25(30)21-4-2-6-22-20(21)5-3-13-26-22/h2-6,13,18-19H,7-12,14-16H2,1H3,(H,28,30). The third-order valence-corrected chi connectivity index (χ3v) is 7.91. The molecule has 5 nitrogen and oxygen atoms in total. The van der Waals surface area contributed by atoms with Gasteiger partial charge in [-0.15, -0.1) is 11.3 Å². The zero-order valence-electron chi connectivity index (χ0n) is 18.1. The first-order valence-corrected chi connectivity index (χ1v) is 12.3. The van der Waals surface area contributed by atoms with Crippen LogP contribution in [0.4, 0.5) is 0 Å². The number of aromatic nitrogens is 2. The summed E-state index contributed by atoms with van der Waals surface area (Å²) >= 11 is 1.87. The monoisotopic (exact) mass is 434 g/mol. The van der Waals surface area contributed by atoms with E-state index in [9.17, 15) is 4.79 Å². The second kappa shape index (κ2) is 9.05. The second-order valence-corrected chi connectivity index (χ2v) is 10.3. The summed E-state index contributed by atoms with van der Waals surface area (Å²) in [4.78, 5) is 26.0. The van der Waals surface area contributed by atoms with Crippen LogP contribution in [0, 0.1) is 12.8 Å². The smallest absolute Gasteiger partial charge is 0.252 e. The van der Waals surface area contributed by atoms with Crippen LogP contribution in [0.1, 0.15) is 58.0 Å². The van der Waals surface area contributed by atoms with Crippen LogP contribution < -0.4 is 5.32 Å². The van der Waals surface area contributed by atoms with E-state index in [1.807, 2.05) is 41.7 Å². The van der Waals surface area contributed by atoms with Crippen LogP contribution in [0.5, 0.6) is 0 Å². The van der Waals surface area contributed by atoms with E-state index in [1.165, 1.54) is 47.9 Å². The van der Waals surface area contributed by atoms with Gasteiger partial charge in [-0.05, 0) is 76.1 Å². The highest BCUT2D eigenvalue weighted by Crippen LogP contribution is 2.29. The number of nitrogens with one attached hydrogen (secondary N) is 1. The van der Waals surface area contributed by atoms with Crippen molar-refractivity contribution in [2.75, 3.05) is 13.1 Å². The highest BCUT2D eigenvalue weighted by Gasteiger charge is 2.25. The lowest BCUT2D eigenvalue weighted by atomic mass is 9.84.